The molecule has 1 heterocycles. The molecule has 1 unspecified atom stereocenters. The van der Waals surface area contributed by atoms with E-state index in [1.807, 2.05) is 0 Å². The van der Waals surface area contributed by atoms with E-state index in [4.69, 9.17) is 0 Å². The van der Waals surface area contributed by atoms with Gasteiger partial charge in [-0.15, -0.1) is 0 Å². The van der Waals surface area contributed by atoms with Crippen molar-refractivity contribution in [2.75, 3.05) is 0 Å². The number of fused-ring (bicyclic) bond motifs is 1. The number of hydrogen-bond acceptors (Lipinski definition) is 1. The van der Waals surface area contributed by atoms with Crippen molar-refractivity contribution >= 4 is 0 Å². The van der Waals surface area contributed by atoms with E-state index < -0.39 is 0 Å². The number of nitrogens with one attached hydrogen (secondary N) is 1. The molecule has 1 N–H and O–H groups in total. The van der Waals surface area contributed by atoms with Crippen molar-refractivity contribution in [3.05, 3.63) is 71.3 Å². The van der Waals surface area contributed by atoms with Crippen LogP contribution >= 0.6 is 0 Å². The van der Waals surface area contributed by atoms with Gasteiger partial charge >= 0.3 is 0 Å². The van der Waals surface area contributed by atoms with Gasteiger partial charge in [0, 0.05) is 18.5 Å². The maximum absolute atomic E-state index is 3.59. The highest BCUT2D eigenvalue weighted by Gasteiger charge is 2.26. The van der Waals surface area contributed by atoms with E-state index in [0.29, 0.717) is 12.0 Å². The molecule has 3 rings (SSSR count). The van der Waals surface area contributed by atoms with E-state index >= 15 is 0 Å². The van der Waals surface area contributed by atoms with E-state index in [2.05, 4.69) is 66.8 Å². The first-order valence-corrected chi connectivity index (χ1v) is 6.22. The Labute approximate surface area is 102 Å². The maximum atomic E-state index is 3.59. The lowest BCUT2D eigenvalue weighted by Crippen LogP contribution is -2.37. The minimum Gasteiger partial charge on any atom is -0.309 e. The number of hydrogen-bond donors (Lipinski definition) is 1. The lowest BCUT2D eigenvalue weighted by Gasteiger charge is -2.32. The van der Waals surface area contributed by atoms with Crippen LogP contribution in [0.25, 0.3) is 0 Å². The van der Waals surface area contributed by atoms with Crippen molar-refractivity contribution in [3.63, 3.8) is 0 Å². The second kappa shape index (κ2) is 4.34. The van der Waals surface area contributed by atoms with Gasteiger partial charge in [-0.25, -0.2) is 0 Å². The van der Waals surface area contributed by atoms with Crippen LogP contribution in [0.3, 0.4) is 0 Å². The summed E-state index contributed by atoms with van der Waals surface area (Å²) in [7, 11) is 0. The summed E-state index contributed by atoms with van der Waals surface area (Å²) in [6.45, 7) is 3.26. The summed E-state index contributed by atoms with van der Waals surface area (Å²) in [4.78, 5) is 0. The zero-order valence-corrected chi connectivity index (χ0v) is 10.1. The Morgan fingerprint density at radius 1 is 0.941 bits per heavy atom. The molecule has 0 saturated heterocycles. The van der Waals surface area contributed by atoms with E-state index in [0.717, 1.165) is 6.54 Å². The Morgan fingerprint density at radius 2 is 1.65 bits per heavy atom. The van der Waals surface area contributed by atoms with Gasteiger partial charge in [0.15, 0.2) is 0 Å². The van der Waals surface area contributed by atoms with Gasteiger partial charge in [0.05, 0.1) is 0 Å². The molecule has 0 aliphatic carbocycles. The van der Waals surface area contributed by atoms with Crippen molar-refractivity contribution in [1.29, 1.82) is 0 Å². The van der Waals surface area contributed by atoms with Crippen molar-refractivity contribution in [1.82, 2.24) is 5.32 Å². The normalized spacial score (nSPS) is 23.1. The molecule has 2 aromatic rings. The monoisotopic (exact) mass is 223 g/mol. The zero-order valence-electron chi connectivity index (χ0n) is 10.1. The van der Waals surface area contributed by atoms with Gasteiger partial charge in [-0.1, -0.05) is 54.6 Å². The molecule has 0 saturated carbocycles. The van der Waals surface area contributed by atoms with Crippen molar-refractivity contribution < 1.29 is 0 Å². The van der Waals surface area contributed by atoms with Crippen LogP contribution in [-0.2, 0) is 6.54 Å². The summed E-state index contributed by atoms with van der Waals surface area (Å²) >= 11 is 0. The van der Waals surface area contributed by atoms with E-state index in [-0.39, 0.29) is 0 Å². The minimum absolute atomic E-state index is 0.473. The molecular formula is C16H17N. The molecule has 0 amide bonds. The van der Waals surface area contributed by atoms with E-state index in [1.54, 1.807) is 0 Å². The summed E-state index contributed by atoms with van der Waals surface area (Å²) in [5.41, 5.74) is 4.31. The second-order valence-corrected chi connectivity index (χ2v) is 4.76. The zero-order chi connectivity index (χ0) is 11.7. The molecule has 1 heteroatoms. The fourth-order valence-corrected chi connectivity index (χ4v) is 2.79. The van der Waals surface area contributed by atoms with E-state index in [1.165, 1.54) is 16.7 Å². The molecule has 0 aromatic heterocycles. The summed E-state index contributed by atoms with van der Waals surface area (Å²) in [5, 5.41) is 3.59. The molecule has 2 atom stereocenters. The average Bonchev–Trinajstić information content (AvgIpc) is 2.39. The van der Waals surface area contributed by atoms with E-state index in [9.17, 15) is 0 Å². The summed E-state index contributed by atoms with van der Waals surface area (Å²) in [5.74, 6) is 0.473. The fourth-order valence-electron chi connectivity index (χ4n) is 2.79. The lowest BCUT2D eigenvalue weighted by atomic mass is 9.81. The average molecular weight is 223 g/mol. The molecule has 1 aliphatic rings. The summed E-state index contributed by atoms with van der Waals surface area (Å²) in [6.07, 6.45) is 0. The Morgan fingerprint density at radius 3 is 2.47 bits per heavy atom. The smallest absolute Gasteiger partial charge is 0.0244 e. The molecule has 1 nitrogen and oxygen atoms in total. The lowest BCUT2D eigenvalue weighted by molar-refractivity contribution is 0.466. The van der Waals surface area contributed by atoms with Crippen LogP contribution < -0.4 is 5.32 Å². The van der Waals surface area contributed by atoms with Gasteiger partial charge in [-0.05, 0) is 23.6 Å². The Bertz CT molecular complexity index is 504. The summed E-state index contributed by atoms with van der Waals surface area (Å²) in [6, 6.07) is 20.0. The third kappa shape index (κ3) is 1.87. The largest absolute Gasteiger partial charge is 0.309 e. The Hall–Kier alpha value is -1.60. The van der Waals surface area contributed by atoms with Crippen LogP contribution in [0.1, 0.15) is 29.5 Å². The van der Waals surface area contributed by atoms with Crippen molar-refractivity contribution in [2.45, 2.75) is 25.4 Å². The van der Waals surface area contributed by atoms with Crippen LogP contribution in [0.4, 0.5) is 0 Å². The highest BCUT2D eigenvalue weighted by molar-refractivity contribution is 5.41. The first-order valence-electron chi connectivity index (χ1n) is 6.22. The molecule has 1 aliphatic heterocycles. The van der Waals surface area contributed by atoms with Crippen molar-refractivity contribution in [3.8, 4) is 0 Å². The van der Waals surface area contributed by atoms with Gasteiger partial charge in [-0.2, -0.15) is 0 Å². The Balaban J connectivity index is 2.10. The van der Waals surface area contributed by atoms with Crippen LogP contribution in [0.5, 0.6) is 0 Å². The fraction of sp³-hybridized carbons (Fsp3) is 0.250. The van der Waals surface area contributed by atoms with Gasteiger partial charge < -0.3 is 5.32 Å². The van der Waals surface area contributed by atoms with Crippen molar-refractivity contribution in [2.24, 2.45) is 0 Å². The van der Waals surface area contributed by atoms with Crippen LogP contribution in [0, 0.1) is 0 Å². The predicted octanol–water partition coefficient (Wildman–Crippen LogP) is 3.31. The summed E-state index contributed by atoms with van der Waals surface area (Å²) < 4.78 is 0. The third-order valence-corrected chi connectivity index (χ3v) is 3.66. The third-order valence-electron chi connectivity index (χ3n) is 3.66. The molecule has 0 radical (unpaired) electrons. The second-order valence-electron chi connectivity index (χ2n) is 4.76. The highest BCUT2D eigenvalue weighted by Crippen LogP contribution is 2.33. The molecule has 2 aromatic carbocycles. The van der Waals surface area contributed by atoms with Crippen LogP contribution in [0.15, 0.2) is 54.6 Å². The van der Waals surface area contributed by atoms with Gasteiger partial charge in [-0.3, -0.25) is 0 Å². The maximum Gasteiger partial charge on any atom is 0.0244 e. The Kier molecular flexibility index (Phi) is 2.69. The molecule has 86 valence electrons. The topological polar surface area (TPSA) is 12.0 Å². The molecule has 0 bridgehead atoms. The quantitative estimate of drug-likeness (QED) is 0.782. The first kappa shape index (κ1) is 10.5. The van der Waals surface area contributed by atoms with Gasteiger partial charge in [0.25, 0.3) is 0 Å². The van der Waals surface area contributed by atoms with Crippen LogP contribution in [0.2, 0.25) is 0 Å². The SMILES string of the molecule is C[C@@H]1NCc2ccccc2C1c1ccccc1. The van der Waals surface area contributed by atoms with Gasteiger partial charge in [0.2, 0.25) is 0 Å². The molecule has 0 spiro atoms. The minimum atomic E-state index is 0.473. The standard InChI is InChI=1S/C16H17N/c1-12-16(13-7-3-2-4-8-13)15-10-6-5-9-14(15)11-17-12/h2-10,12,16-17H,11H2,1H3/t12-,16?/m0/s1. The first-order chi connectivity index (χ1) is 8.36. The highest BCUT2D eigenvalue weighted by atomic mass is 14.9. The molecule has 17 heavy (non-hydrogen) atoms. The van der Waals surface area contributed by atoms with Crippen LogP contribution in [-0.4, -0.2) is 6.04 Å². The van der Waals surface area contributed by atoms with Gasteiger partial charge in [0.1, 0.15) is 0 Å². The number of rotatable bonds is 1. The molecular weight excluding hydrogens is 206 g/mol. The number of benzene rings is 2. The molecule has 0 fully saturated rings. The predicted molar refractivity (Wildman–Crippen MR) is 71.0 cm³/mol.